The van der Waals surface area contributed by atoms with Crippen LogP contribution >= 0.6 is 24.0 Å². The van der Waals surface area contributed by atoms with E-state index in [1.54, 1.807) is 0 Å². The number of thioether (sulfide) groups is 1. The molecule has 0 aliphatic heterocycles. The lowest BCUT2D eigenvalue weighted by molar-refractivity contribution is -0.137. The lowest BCUT2D eigenvalue weighted by Crippen LogP contribution is -1.98. The molecule has 0 saturated heterocycles. The zero-order valence-corrected chi connectivity index (χ0v) is 9.25. The van der Waals surface area contributed by atoms with Gasteiger partial charge in [-0.2, -0.15) is 0 Å². The normalized spacial score (nSPS) is 9.62. The van der Waals surface area contributed by atoms with Crippen LogP contribution in [0.1, 0.15) is 26.2 Å². The van der Waals surface area contributed by atoms with E-state index in [0.29, 0.717) is 17.4 Å². The smallest absolute Gasteiger partial charge is 0.303 e. The minimum Gasteiger partial charge on any atom is -0.481 e. The number of carbonyl (C=O) groups is 1. The van der Waals surface area contributed by atoms with Crippen molar-refractivity contribution in [2.75, 3.05) is 12.4 Å². The molecule has 3 nitrogen and oxygen atoms in total. The fraction of sp³-hybridized carbons (Fsp3) is 0.750. The van der Waals surface area contributed by atoms with Gasteiger partial charge in [0.25, 0.3) is 0 Å². The van der Waals surface area contributed by atoms with Gasteiger partial charge in [-0.05, 0) is 32.0 Å². The fourth-order valence-corrected chi connectivity index (χ4v) is 1.78. The summed E-state index contributed by atoms with van der Waals surface area (Å²) in [4.78, 5) is 10.1. The monoisotopic (exact) mass is 222 g/mol. The third-order valence-corrected chi connectivity index (χ3v) is 2.58. The van der Waals surface area contributed by atoms with Crippen LogP contribution in [0, 0.1) is 0 Å². The highest BCUT2D eigenvalue weighted by molar-refractivity contribution is 8.22. The van der Waals surface area contributed by atoms with Crippen molar-refractivity contribution in [2.45, 2.75) is 26.2 Å². The van der Waals surface area contributed by atoms with Crippen molar-refractivity contribution in [2.24, 2.45) is 0 Å². The van der Waals surface area contributed by atoms with Gasteiger partial charge in [-0.15, -0.1) is 0 Å². The lowest BCUT2D eigenvalue weighted by Gasteiger charge is -2.02. The van der Waals surface area contributed by atoms with Crippen LogP contribution in [0.5, 0.6) is 0 Å². The van der Waals surface area contributed by atoms with Gasteiger partial charge in [0.2, 0.25) is 4.38 Å². The molecule has 1 N–H and O–H groups in total. The molecule has 0 atom stereocenters. The Bertz CT molecular complexity index is 171. The zero-order valence-electron chi connectivity index (χ0n) is 7.62. The van der Waals surface area contributed by atoms with Crippen LogP contribution < -0.4 is 0 Å². The fourth-order valence-electron chi connectivity index (χ4n) is 0.693. The SMILES string of the molecule is CCOC(=S)SCCCCC(=O)O. The molecule has 0 aromatic carbocycles. The molecule has 76 valence electrons. The number of hydrogen-bond acceptors (Lipinski definition) is 4. The first-order chi connectivity index (χ1) is 6.16. The van der Waals surface area contributed by atoms with Gasteiger partial charge in [0, 0.05) is 12.2 Å². The van der Waals surface area contributed by atoms with E-state index < -0.39 is 5.97 Å². The van der Waals surface area contributed by atoms with E-state index >= 15 is 0 Å². The van der Waals surface area contributed by atoms with Gasteiger partial charge in [-0.1, -0.05) is 11.8 Å². The van der Waals surface area contributed by atoms with Gasteiger partial charge < -0.3 is 9.84 Å². The van der Waals surface area contributed by atoms with E-state index in [4.69, 9.17) is 22.1 Å². The molecule has 0 unspecified atom stereocenters. The van der Waals surface area contributed by atoms with Crippen molar-refractivity contribution in [3.63, 3.8) is 0 Å². The van der Waals surface area contributed by atoms with Crippen molar-refractivity contribution in [1.82, 2.24) is 0 Å². The first-order valence-electron chi connectivity index (χ1n) is 4.18. The third-order valence-electron chi connectivity index (χ3n) is 1.27. The van der Waals surface area contributed by atoms with E-state index in [1.807, 2.05) is 6.92 Å². The molecule has 0 radical (unpaired) electrons. The molecule has 0 fully saturated rings. The lowest BCUT2D eigenvalue weighted by atomic mass is 10.3. The number of rotatable bonds is 6. The van der Waals surface area contributed by atoms with Crippen molar-refractivity contribution in [3.8, 4) is 0 Å². The number of ether oxygens (including phenoxy) is 1. The first kappa shape index (κ1) is 12.7. The number of carboxylic acids is 1. The molecule has 0 saturated carbocycles. The number of unbranched alkanes of at least 4 members (excludes halogenated alkanes) is 1. The highest BCUT2D eigenvalue weighted by atomic mass is 32.2. The number of aliphatic carboxylic acids is 1. The van der Waals surface area contributed by atoms with Crippen molar-refractivity contribution >= 4 is 34.3 Å². The van der Waals surface area contributed by atoms with Crippen LogP contribution in [-0.2, 0) is 9.53 Å². The average Bonchev–Trinajstić information content (AvgIpc) is 2.03. The average molecular weight is 222 g/mol. The quantitative estimate of drug-likeness (QED) is 0.552. The Balaban J connectivity index is 3.16. The molecule has 0 aromatic rings. The van der Waals surface area contributed by atoms with Gasteiger partial charge in [0.15, 0.2) is 0 Å². The molecule has 0 aliphatic rings. The standard InChI is InChI=1S/C8H14O3S2/c1-2-11-8(12)13-6-4-3-5-7(9)10/h2-6H2,1H3,(H,9,10). The highest BCUT2D eigenvalue weighted by Gasteiger charge is 1.99. The molecular weight excluding hydrogens is 208 g/mol. The van der Waals surface area contributed by atoms with E-state index in [0.717, 1.165) is 12.2 Å². The van der Waals surface area contributed by atoms with Crippen LogP contribution in [0.2, 0.25) is 0 Å². The van der Waals surface area contributed by atoms with Gasteiger partial charge in [-0.3, -0.25) is 4.79 Å². The van der Waals surface area contributed by atoms with Crippen molar-refractivity contribution in [3.05, 3.63) is 0 Å². The summed E-state index contributed by atoms with van der Waals surface area (Å²) in [6.07, 6.45) is 1.81. The maximum Gasteiger partial charge on any atom is 0.303 e. The minimum atomic E-state index is -0.739. The van der Waals surface area contributed by atoms with E-state index in [1.165, 1.54) is 11.8 Å². The summed E-state index contributed by atoms with van der Waals surface area (Å²) in [7, 11) is 0. The first-order valence-corrected chi connectivity index (χ1v) is 5.57. The highest BCUT2D eigenvalue weighted by Crippen LogP contribution is 2.09. The molecule has 0 aliphatic carbocycles. The third kappa shape index (κ3) is 9.63. The molecule has 0 amide bonds. The second kappa shape index (κ2) is 8.31. The summed E-state index contributed by atoms with van der Waals surface area (Å²) < 4.78 is 5.60. The maximum absolute atomic E-state index is 10.1. The van der Waals surface area contributed by atoms with Crippen LogP contribution in [0.3, 0.4) is 0 Å². The topological polar surface area (TPSA) is 46.5 Å². The Morgan fingerprint density at radius 2 is 2.23 bits per heavy atom. The Morgan fingerprint density at radius 3 is 2.77 bits per heavy atom. The van der Waals surface area contributed by atoms with Crippen LogP contribution in [0.4, 0.5) is 0 Å². The van der Waals surface area contributed by atoms with Gasteiger partial charge >= 0.3 is 5.97 Å². The Labute approximate surface area is 87.8 Å². The molecular formula is C8H14O3S2. The number of carboxylic acid groups (broad SMARTS) is 1. The number of thiocarbonyl (C=S) groups is 1. The number of hydrogen-bond donors (Lipinski definition) is 1. The largest absolute Gasteiger partial charge is 0.481 e. The van der Waals surface area contributed by atoms with Crippen molar-refractivity contribution < 1.29 is 14.6 Å². The van der Waals surface area contributed by atoms with Crippen LogP contribution in [0.15, 0.2) is 0 Å². The van der Waals surface area contributed by atoms with E-state index in [-0.39, 0.29) is 6.42 Å². The predicted molar refractivity (Wildman–Crippen MR) is 58.2 cm³/mol. The second-order valence-electron chi connectivity index (χ2n) is 2.38. The second-order valence-corrected chi connectivity index (χ2v) is 4.08. The Morgan fingerprint density at radius 1 is 1.54 bits per heavy atom. The summed E-state index contributed by atoms with van der Waals surface area (Å²) in [6.45, 7) is 2.48. The maximum atomic E-state index is 10.1. The molecule has 0 rings (SSSR count). The molecule has 0 spiro atoms. The summed E-state index contributed by atoms with van der Waals surface area (Å²) in [5.74, 6) is 0.101. The van der Waals surface area contributed by atoms with Crippen LogP contribution in [-0.4, -0.2) is 27.8 Å². The van der Waals surface area contributed by atoms with Gasteiger partial charge in [-0.25, -0.2) is 0 Å². The van der Waals surface area contributed by atoms with Crippen LogP contribution in [0.25, 0.3) is 0 Å². The van der Waals surface area contributed by atoms with Gasteiger partial charge in [0.1, 0.15) is 0 Å². The van der Waals surface area contributed by atoms with Gasteiger partial charge in [0.05, 0.1) is 6.61 Å². The summed E-state index contributed by atoms with van der Waals surface area (Å²) in [5, 5.41) is 8.35. The molecule has 0 heterocycles. The molecule has 0 aromatic heterocycles. The predicted octanol–water partition coefficient (Wildman–Crippen LogP) is 2.30. The Kier molecular flexibility index (Phi) is 8.13. The molecule has 5 heteroatoms. The Hall–Kier alpha value is -0.290. The molecule has 13 heavy (non-hydrogen) atoms. The summed E-state index contributed by atoms with van der Waals surface area (Å²) in [5.41, 5.74) is 0. The zero-order chi connectivity index (χ0) is 10.1. The van der Waals surface area contributed by atoms with E-state index in [9.17, 15) is 4.79 Å². The van der Waals surface area contributed by atoms with Crippen molar-refractivity contribution in [1.29, 1.82) is 0 Å². The summed E-state index contributed by atoms with van der Waals surface area (Å²) >= 11 is 6.35. The van der Waals surface area contributed by atoms with E-state index in [2.05, 4.69) is 0 Å². The minimum absolute atomic E-state index is 0.238. The summed E-state index contributed by atoms with van der Waals surface area (Å²) in [6, 6.07) is 0. The molecule has 0 bridgehead atoms.